The molecule has 0 spiro atoms. The molecule has 3 amide bonds. The van der Waals surface area contributed by atoms with E-state index in [2.05, 4.69) is 20.9 Å². The number of rotatable bonds is 7. The van der Waals surface area contributed by atoms with Gasteiger partial charge in [0.1, 0.15) is 17.7 Å². The number of hydrogen-bond acceptors (Lipinski definition) is 4. The number of ether oxygens (including phenoxy) is 1. The molecular weight excluding hydrogens is 506 g/mol. The number of nitrogens with two attached hydrogens (primary N) is 1. The van der Waals surface area contributed by atoms with Crippen LogP contribution in [-0.4, -0.2) is 30.3 Å². The number of hydrogen-bond donors (Lipinski definition) is 5. The van der Waals surface area contributed by atoms with E-state index in [4.69, 9.17) is 10.5 Å². The summed E-state index contributed by atoms with van der Waals surface area (Å²) < 4.78 is 58.0. The molecule has 1 atom stereocenters. The molecule has 1 unspecified atom stereocenters. The normalized spacial score (nSPS) is 12.3. The highest BCUT2D eigenvalue weighted by Gasteiger charge is 2.31. The van der Waals surface area contributed by atoms with Gasteiger partial charge in [0.25, 0.3) is 5.91 Å². The highest BCUT2D eigenvalue weighted by molar-refractivity contribution is 6.12. The number of anilines is 3. The summed E-state index contributed by atoms with van der Waals surface area (Å²) >= 11 is 0. The van der Waals surface area contributed by atoms with Crippen LogP contribution in [0.25, 0.3) is 22.0 Å². The number of carbonyl (C=O) groups is 2. The third-order valence-corrected chi connectivity index (χ3v) is 5.77. The number of primary amides is 1. The standard InChI is InChI=1S/C26H23F4N5O3/c1-13(38-2)32-19-5-3-4-17-21(23(24(31)36)35-22(17)19)14-6-9-16(10-7-14)33-25(37)34-20-12-15(26(28,29)30)8-11-18(20)27/h3-13,32,35H,1-2H3,(H2,31,36)(H2,33,34,37). The van der Waals surface area contributed by atoms with Crippen molar-refractivity contribution in [2.75, 3.05) is 23.1 Å². The molecular formula is C26H23F4N5O3. The largest absolute Gasteiger partial charge is 0.416 e. The van der Waals surface area contributed by atoms with Crippen LogP contribution in [0.2, 0.25) is 0 Å². The zero-order valence-corrected chi connectivity index (χ0v) is 20.2. The molecule has 0 aliphatic rings. The molecule has 3 aromatic carbocycles. The van der Waals surface area contributed by atoms with Crippen LogP contribution in [0.1, 0.15) is 23.0 Å². The number of amides is 3. The van der Waals surface area contributed by atoms with E-state index < -0.39 is 35.2 Å². The van der Waals surface area contributed by atoms with Crippen LogP contribution in [0.3, 0.4) is 0 Å². The van der Waals surface area contributed by atoms with Crippen molar-refractivity contribution < 1.29 is 31.9 Å². The highest BCUT2D eigenvalue weighted by atomic mass is 19.4. The molecule has 0 saturated heterocycles. The summed E-state index contributed by atoms with van der Waals surface area (Å²) in [6.45, 7) is 1.82. The van der Waals surface area contributed by atoms with Gasteiger partial charge in [-0.05, 0) is 48.9 Å². The SMILES string of the molecule is COC(C)Nc1cccc2c(-c3ccc(NC(=O)Nc4cc(C(F)(F)F)ccc4F)cc3)c(C(N)=O)[nH]c12. The highest BCUT2D eigenvalue weighted by Crippen LogP contribution is 2.36. The molecule has 8 nitrogen and oxygen atoms in total. The average molecular weight is 529 g/mol. The third kappa shape index (κ3) is 5.54. The zero-order chi connectivity index (χ0) is 27.6. The Kier molecular flexibility index (Phi) is 7.26. The maximum atomic E-state index is 14.0. The number of H-pyrrole nitrogens is 1. The Hall–Kier alpha value is -4.58. The molecule has 4 rings (SSSR count). The van der Waals surface area contributed by atoms with Crippen molar-refractivity contribution in [1.29, 1.82) is 0 Å². The molecule has 0 aliphatic heterocycles. The maximum Gasteiger partial charge on any atom is 0.416 e. The van der Waals surface area contributed by atoms with E-state index >= 15 is 0 Å². The molecule has 1 heterocycles. The smallest absolute Gasteiger partial charge is 0.364 e. The summed E-state index contributed by atoms with van der Waals surface area (Å²) in [4.78, 5) is 27.6. The summed E-state index contributed by atoms with van der Waals surface area (Å²) in [5, 5.41) is 8.41. The Balaban J connectivity index is 1.59. The van der Waals surface area contributed by atoms with Crippen LogP contribution in [0, 0.1) is 5.82 Å². The molecule has 0 radical (unpaired) electrons. The van der Waals surface area contributed by atoms with Gasteiger partial charge < -0.3 is 31.4 Å². The monoisotopic (exact) mass is 529 g/mol. The van der Waals surface area contributed by atoms with E-state index in [0.29, 0.717) is 45.9 Å². The van der Waals surface area contributed by atoms with Crippen molar-refractivity contribution >= 4 is 39.9 Å². The van der Waals surface area contributed by atoms with Gasteiger partial charge in [0, 0.05) is 23.7 Å². The Bertz CT molecular complexity index is 1500. The fourth-order valence-corrected chi connectivity index (χ4v) is 3.90. The molecule has 6 N–H and O–H groups in total. The summed E-state index contributed by atoms with van der Waals surface area (Å²) in [6, 6.07) is 12.5. The minimum absolute atomic E-state index is 0.179. The first-order valence-corrected chi connectivity index (χ1v) is 11.3. The van der Waals surface area contributed by atoms with Crippen LogP contribution < -0.4 is 21.7 Å². The number of urea groups is 1. The second kappa shape index (κ2) is 10.4. The average Bonchev–Trinajstić information content (AvgIpc) is 3.26. The van der Waals surface area contributed by atoms with Gasteiger partial charge in [0.15, 0.2) is 0 Å². The van der Waals surface area contributed by atoms with Gasteiger partial charge in [0.2, 0.25) is 0 Å². The van der Waals surface area contributed by atoms with E-state index in [9.17, 15) is 27.2 Å². The van der Waals surface area contributed by atoms with E-state index in [-0.39, 0.29) is 17.6 Å². The number of methoxy groups -OCH3 is 1. The van der Waals surface area contributed by atoms with Gasteiger partial charge in [-0.2, -0.15) is 13.2 Å². The topological polar surface area (TPSA) is 121 Å². The number of nitrogens with one attached hydrogen (secondary N) is 4. The van der Waals surface area contributed by atoms with Crippen LogP contribution in [0.5, 0.6) is 0 Å². The minimum atomic E-state index is -4.69. The quantitative estimate of drug-likeness (QED) is 0.146. The second-order valence-corrected chi connectivity index (χ2v) is 8.34. The minimum Gasteiger partial charge on any atom is -0.364 e. The predicted octanol–water partition coefficient (Wildman–Crippen LogP) is 6.14. The number of aromatic amines is 1. The van der Waals surface area contributed by atoms with E-state index in [1.54, 1.807) is 19.2 Å². The van der Waals surface area contributed by atoms with E-state index in [1.807, 2.05) is 25.1 Å². The molecule has 198 valence electrons. The predicted molar refractivity (Wildman–Crippen MR) is 136 cm³/mol. The molecule has 0 bridgehead atoms. The maximum absolute atomic E-state index is 14.0. The van der Waals surface area contributed by atoms with Crippen LogP contribution >= 0.6 is 0 Å². The van der Waals surface area contributed by atoms with Gasteiger partial charge in [-0.3, -0.25) is 4.79 Å². The van der Waals surface area contributed by atoms with E-state index in [1.165, 1.54) is 12.1 Å². The fraction of sp³-hybridized carbons (Fsp3) is 0.154. The van der Waals surface area contributed by atoms with Gasteiger partial charge in [-0.15, -0.1) is 0 Å². The van der Waals surface area contributed by atoms with Crippen LogP contribution in [-0.2, 0) is 10.9 Å². The number of fused-ring (bicyclic) bond motifs is 1. The molecule has 12 heteroatoms. The number of benzene rings is 3. The fourth-order valence-electron chi connectivity index (χ4n) is 3.90. The lowest BCUT2D eigenvalue weighted by Gasteiger charge is -2.14. The summed E-state index contributed by atoms with van der Waals surface area (Å²) in [6.07, 6.45) is -4.99. The number of carbonyl (C=O) groups excluding carboxylic acids is 2. The number of para-hydroxylation sites is 1. The number of aromatic nitrogens is 1. The van der Waals surface area contributed by atoms with Crippen LogP contribution in [0.4, 0.5) is 39.4 Å². The molecule has 0 aliphatic carbocycles. The Morgan fingerprint density at radius 3 is 2.34 bits per heavy atom. The van der Waals surface area contributed by atoms with Crippen molar-refractivity contribution in [3.63, 3.8) is 0 Å². The van der Waals surface area contributed by atoms with Gasteiger partial charge in [-0.1, -0.05) is 24.3 Å². The third-order valence-electron chi connectivity index (χ3n) is 5.77. The molecule has 38 heavy (non-hydrogen) atoms. The first-order valence-electron chi connectivity index (χ1n) is 11.3. The molecule has 0 fully saturated rings. The number of halogens is 4. The summed E-state index contributed by atoms with van der Waals surface area (Å²) in [5.41, 5.74) is 6.86. The molecule has 1 aromatic heterocycles. The number of alkyl halides is 3. The summed E-state index contributed by atoms with van der Waals surface area (Å²) in [5.74, 6) is -1.69. The van der Waals surface area contributed by atoms with Crippen molar-refractivity contribution in [3.05, 3.63) is 77.7 Å². The van der Waals surface area contributed by atoms with Crippen molar-refractivity contribution in [1.82, 2.24) is 4.98 Å². The zero-order valence-electron chi connectivity index (χ0n) is 20.2. The first-order chi connectivity index (χ1) is 18.0. The van der Waals surface area contributed by atoms with E-state index in [0.717, 1.165) is 0 Å². The van der Waals surface area contributed by atoms with Gasteiger partial charge >= 0.3 is 12.2 Å². The summed E-state index contributed by atoms with van der Waals surface area (Å²) in [7, 11) is 1.55. The van der Waals surface area contributed by atoms with Crippen LogP contribution in [0.15, 0.2) is 60.7 Å². The molecule has 0 saturated carbocycles. The Morgan fingerprint density at radius 1 is 1.00 bits per heavy atom. The van der Waals surface area contributed by atoms with Crippen molar-refractivity contribution in [2.24, 2.45) is 5.73 Å². The lowest BCUT2D eigenvalue weighted by Crippen LogP contribution is -2.20. The lowest BCUT2D eigenvalue weighted by atomic mass is 10.0. The van der Waals surface area contributed by atoms with Gasteiger partial charge in [0.05, 0.1) is 22.5 Å². The van der Waals surface area contributed by atoms with Crippen molar-refractivity contribution in [3.8, 4) is 11.1 Å². The van der Waals surface area contributed by atoms with Crippen molar-refractivity contribution in [2.45, 2.75) is 19.3 Å². The first kappa shape index (κ1) is 26.5. The lowest BCUT2D eigenvalue weighted by molar-refractivity contribution is -0.137. The second-order valence-electron chi connectivity index (χ2n) is 8.34. The molecule has 4 aromatic rings. The Morgan fingerprint density at radius 2 is 1.71 bits per heavy atom. The Labute approximate surface area is 214 Å². The van der Waals surface area contributed by atoms with Gasteiger partial charge in [-0.25, -0.2) is 9.18 Å².